The molecule has 0 unspecified atom stereocenters. The van der Waals surface area contributed by atoms with Gasteiger partial charge < -0.3 is 0 Å². The number of allylic oxidation sites excluding steroid dienone is 1. The number of hydrogen-bond donors (Lipinski definition) is 0. The Kier molecular flexibility index (Phi) is 3.23. The molecule has 0 fully saturated rings. The Morgan fingerprint density at radius 3 is 2.00 bits per heavy atom. The summed E-state index contributed by atoms with van der Waals surface area (Å²) in [4.78, 5) is 0. The summed E-state index contributed by atoms with van der Waals surface area (Å²) < 4.78 is 0. The van der Waals surface area contributed by atoms with E-state index in [2.05, 4.69) is 42.2 Å². The molecule has 3 aromatic carbocycles. The first-order valence-corrected chi connectivity index (χ1v) is 6.51. The smallest absolute Gasteiger partial charge is 0.0405 e. The van der Waals surface area contributed by atoms with Gasteiger partial charge in [0.2, 0.25) is 0 Å². The Labute approximate surface area is 117 Å². The third-order valence-electron chi connectivity index (χ3n) is 3.11. The maximum absolute atomic E-state index is 5.52. The Hall–Kier alpha value is -2.23. The van der Waals surface area contributed by atoms with Crippen molar-refractivity contribution in [2.75, 3.05) is 0 Å². The molecule has 3 rings (SSSR count). The third-order valence-corrected chi connectivity index (χ3v) is 3.24. The fourth-order valence-corrected chi connectivity index (χ4v) is 2.36. The number of halogens is 1. The van der Waals surface area contributed by atoms with Crippen LogP contribution in [0.15, 0.2) is 66.2 Å². The fraction of sp³-hybridized carbons (Fsp3) is 0. The maximum atomic E-state index is 5.52. The molecule has 0 heterocycles. The van der Waals surface area contributed by atoms with E-state index in [1.807, 2.05) is 24.3 Å². The van der Waals surface area contributed by atoms with E-state index in [1.165, 1.54) is 27.1 Å². The normalized spacial score (nSPS) is 10.8. The van der Waals surface area contributed by atoms with Gasteiger partial charge in [0.15, 0.2) is 0 Å². The molecule has 0 aliphatic carbocycles. The molecule has 0 saturated heterocycles. The molecule has 90 valence electrons. The largest absolute Gasteiger partial charge is 0.0923 e. The van der Waals surface area contributed by atoms with E-state index in [1.54, 1.807) is 6.08 Å². The highest BCUT2D eigenvalue weighted by molar-refractivity contribution is 6.25. The average molecular weight is 263 g/mol. The van der Waals surface area contributed by atoms with Gasteiger partial charge in [-0.05, 0) is 33.7 Å². The van der Waals surface area contributed by atoms with Crippen LogP contribution < -0.4 is 0 Å². The SMILES string of the molecule is Cl/C=C\C#Cc1c2ccccc2cc2ccccc12. The van der Waals surface area contributed by atoms with Crippen LogP contribution in [-0.4, -0.2) is 0 Å². The molecule has 0 bridgehead atoms. The molecule has 0 spiro atoms. The van der Waals surface area contributed by atoms with Crippen LogP contribution in [0.25, 0.3) is 21.5 Å². The third kappa shape index (κ3) is 2.21. The Morgan fingerprint density at radius 1 is 0.842 bits per heavy atom. The molecule has 0 aromatic heterocycles. The van der Waals surface area contributed by atoms with Gasteiger partial charge in [0.1, 0.15) is 0 Å². The first-order chi connectivity index (χ1) is 9.40. The maximum Gasteiger partial charge on any atom is 0.0405 e. The van der Waals surface area contributed by atoms with Gasteiger partial charge in [0, 0.05) is 11.1 Å². The summed E-state index contributed by atoms with van der Waals surface area (Å²) in [5.41, 5.74) is 2.49. The van der Waals surface area contributed by atoms with Crippen molar-refractivity contribution in [3.8, 4) is 11.8 Å². The van der Waals surface area contributed by atoms with E-state index in [0.29, 0.717) is 0 Å². The standard InChI is InChI=1S/C18H11Cl/c19-12-6-5-11-18-16-9-3-1-7-14(16)13-15-8-2-4-10-17(15)18/h1-4,6-10,12-13H/b12-6-. The quantitative estimate of drug-likeness (QED) is 0.391. The Balaban J connectivity index is 2.44. The minimum absolute atomic E-state index is 1.06. The lowest BCUT2D eigenvalue weighted by molar-refractivity contribution is 1.73. The highest BCUT2D eigenvalue weighted by Gasteiger charge is 2.04. The van der Waals surface area contributed by atoms with Gasteiger partial charge in [0.25, 0.3) is 0 Å². The van der Waals surface area contributed by atoms with E-state index in [0.717, 1.165) is 5.56 Å². The van der Waals surface area contributed by atoms with Gasteiger partial charge in [-0.25, -0.2) is 0 Å². The molecule has 0 nitrogen and oxygen atoms in total. The number of benzene rings is 3. The van der Waals surface area contributed by atoms with Crippen LogP contribution >= 0.6 is 11.6 Å². The summed E-state index contributed by atoms with van der Waals surface area (Å²) in [6.07, 6.45) is 1.65. The van der Waals surface area contributed by atoms with Crippen LogP contribution in [0.1, 0.15) is 5.56 Å². The van der Waals surface area contributed by atoms with E-state index in [9.17, 15) is 0 Å². The van der Waals surface area contributed by atoms with Crippen LogP contribution in [0, 0.1) is 11.8 Å². The summed E-state index contributed by atoms with van der Waals surface area (Å²) >= 11 is 5.52. The van der Waals surface area contributed by atoms with Crippen molar-refractivity contribution in [1.29, 1.82) is 0 Å². The first kappa shape index (κ1) is 11.8. The zero-order chi connectivity index (χ0) is 13.1. The van der Waals surface area contributed by atoms with Gasteiger partial charge >= 0.3 is 0 Å². The van der Waals surface area contributed by atoms with Gasteiger partial charge in [-0.2, -0.15) is 0 Å². The number of hydrogen-bond acceptors (Lipinski definition) is 0. The molecule has 0 aliphatic heterocycles. The number of fused-ring (bicyclic) bond motifs is 2. The summed E-state index contributed by atoms with van der Waals surface area (Å²) in [6.45, 7) is 0. The van der Waals surface area contributed by atoms with E-state index in [4.69, 9.17) is 11.6 Å². The predicted molar refractivity (Wildman–Crippen MR) is 83.3 cm³/mol. The second kappa shape index (κ2) is 5.18. The molecule has 1 heteroatoms. The predicted octanol–water partition coefficient (Wildman–Crippen LogP) is 5.10. The summed E-state index contributed by atoms with van der Waals surface area (Å²) in [5.74, 6) is 6.18. The summed E-state index contributed by atoms with van der Waals surface area (Å²) in [7, 11) is 0. The van der Waals surface area contributed by atoms with Crippen LogP contribution in [0.3, 0.4) is 0 Å². The monoisotopic (exact) mass is 262 g/mol. The molecule has 3 aromatic rings. The molecule has 0 atom stereocenters. The molecule has 0 amide bonds. The summed E-state index contributed by atoms with van der Waals surface area (Å²) in [5, 5.41) is 4.77. The second-order valence-corrected chi connectivity index (χ2v) is 4.51. The van der Waals surface area contributed by atoms with Gasteiger partial charge in [-0.15, -0.1) is 0 Å². The van der Waals surface area contributed by atoms with Crippen molar-refractivity contribution >= 4 is 33.1 Å². The Morgan fingerprint density at radius 2 is 1.42 bits per heavy atom. The van der Waals surface area contributed by atoms with Crippen molar-refractivity contribution in [2.24, 2.45) is 0 Å². The second-order valence-electron chi connectivity index (χ2n) is 4.26. The topological polar surface area (TPSA) is 0 Å². The van der Waals surface area contributed by atoms with Crippen molar-refractivity contribution in [3.63, 3.8) is 0 Å². The van der Waals surface area contributed by atoms with Crippen molar-refractivity contribution < 1.29 is 0 Å². The van der Waals surface area contributed by atoms with E-state index < -0.39 is 0 Å². The highest BCUT2D eigenvalue weighted by Crippen LogP contribution is 2.27. The minimum atomic E-state index is 1.06. The first-order valence-electron chi connectivity index (χ1n) is 6.07. The lowest BCUT2D eigenvalue weighted by atomic mass is 9.97. The average Bonchev–Trinajstić information content (AvgIpc) is 2.46. The van der Waals surface area contributed by atoms with E-state index >= 15 is 0 Å². The molecular formula is C18H11Cl. The number of rotatable bonds is 0. The molecule has 0 saturated carbocycles. The molecule has 19 heavy (non-hydrogen) atoms. The zero-order valence-electron chi connectivity index (χ0n) is 10.2. The highest BCUT2D eigenvalue weighted by atomic mass is 35.5. The van der Waals surface area contributed by atoms with Gasteiger partial charge in [0.05, 0.1) is 0 Å². The van der Waals surface area contributed by atoms with Crippen LogP contribution in [0.5, 0.6) is 0 Å². The fourth-order valence-electron chi connectivity index (χ4n) is 2.29. The van der Waals surface area contributed by atoms with Crippen LogP contribution in [0.4, 0.5) is 0 Å². The van der Waals surface area contributed by atoms with Crippen LogP contribution in [-0.2, 0) is 0 Å². The zero-order valence-corrected chi connectivity index (χ0v) is 11.0. The molecule has 0 N–H and O–H groups in total. The lowest BCUT2D eigenvalue weighted by Gasteiger charge is -2.06. The summed E-state index contributed by atoms with van der Waals surface area (Å²) in [6, 6.07) is 18.8. The molecular weight excluding hydrogens is 252 g/mol. The molecule has 0 aliphatic rings. The Bertz CT molecular complexity index is 778. The lowest BCUT2D eigenvalue weighted by Crippen LogP contribution is -1.84. The van der Waals surface area contributed by atoms with Gasteiger partial charge in [-0.1, -0.05) is 72.0 Å². The van der Waals surface area contributed by atoms with Crippen molar-refractivity contribution in [1.82, 2.24) is 0 Å². The van der Waals surface area contributed by atoms with Crippen LogP contribution in [0.2, 0.25) is 0 Å². The van der Waals surface area contributed by atoms with Crippen molar-refractivity contribution in [2.45, 2.75) is 0 Å². The molecule has 0 radical (unpaired) electrons. The van der Waals surface area contributed by atoms with E-state index in [-0.39, 0.29) is 0 Å². The van der Waals surface area contributed by atoms with Gasteiger partial charge in [-0.3, -0.25) is 0 Å². The van der Waals surface area contributed by atoms with Crippen molar-refractivity contribution in [3.05, 3.63) is 71.8 Å². The minimum Gasteiger partial charge on any atom is -0.0923 e.